The fourth-order valence-electron chi connectivity index (χ4n) is 2.81. The summed E-state index contributed by atoms with van der Waals surface area (Å²) in [6.07, 6.45) is 3.22. The van der Waals surface area contributed by atoms with Gasteiger partial charge in [-0.15, -0.1) is 12.4 Å². The predicted octanol–water partition coefficient (Wildman–Crippen LogP) is 0.460. The molecule has 0 aromatic carbocycles. The van der Waals surface area contributed by atoms with Gasteiger partial charge in [-0.25, -0.2) is 12.7 Å². The van der Waals surface area contributed by atoms with E-state index in [9.17, 15) is 8.42 Å². The molecule has 0 aromatic heterocycles. The molecule has 0 amide bonds. The number of rotatable bonds is 4. The lowest BCUT2D eigenvalue weighted by atomic mass is 9.78. The topological polar surface area (TPSA) is 58.6 Å². The fourth-order valence-corrected chi connectivity index (χ4v) is 4.29. The first-order valence-electron chi connectivity index (χ1n) is 6.26. The zero-order valence-corrected chi connectivity index (χ0v) is 12.5. The molecule has 18 heavy (non-hydrogen) atoms. The van der Waals surface area contributed by atoms with Gasteiger partial charge in [-0.2, -0.15) is 0 Å². The number of nitrogens with zero attached hydrogens (tertiary/aromatic N) is 1. The molecule has 0 saturated carbocycles. The average Bonchev–Trinajstić information content (AvgIpc) is 2.72. The highest BCUT2D eigenvalue weighted by Crippen LogP contribution is 2.39. The molecule has 2 heterocycles. The first-order chi connectivity index (χ1) is 8.08. The van der Waals surface area contributed by atoms with Crippen molar-refractivity contribution in [3.63, 3.8) is 0 Å². The van der Waals surface area contributed by atoms with E-state index < -0.39 is 10.0 Å². The van der Waals surface area contributed by atoms with Crippen LogP contribution in [0.3, 0.4) is 0 Å². The fraction of sp³-hybridized carbons (Fsp3) is 1.00. The highest BCUT2D eigenvalue weighted by atomic mass is 35.5. The molecule has 1 N–H and O–H groups in total. The molecule has 2 aliphatic heterocycles. The molecule has 108 valence electrons. The van der Waals surface area contributed by atoms with Crippen LogP contribution in [0.15, 0.2) is 0 Å². The standard InChI is InChI=1S/C11H22N2O3S.ClH/c1-16-8-9-17(14,15)13-7-4-11(10-13)2-5-12-6-3-11;/h12H,2-10H2,1H3;1H. The van der Waals surface area contributed by atoms with Crippen molar-refractivity contribution in [2.45, 2.75) is 19.3 Å². The van der Waals surface area contributed by atoms with Gasteiger partial charge in [0, 0.05) is 20.2 Å². The van der Waals surface area contributed by atoms with Crippen LogP contribution in [0.4, 0.5) is 0 Å². The minimum atomic E-state index is -3.11. The van der Waals surface area contributed by atoms with Gasteiger partial charge in [-0.3, -0.25) is 0 Å². The number of halogens is 1. The second kappa shape index (κ2) is 6.52. The predicted molar refractivity (Wildman–Crippen MR) is 73.6 cm³/mol. The molecule has 2 aliphatic rings. The van der Waals surface area contributed by atoms with Gasteiger partial charge in [-0.1, -0.05) is 0 Å². The molecule has 5 nitrogen and oxygen atoms in total. The van der Waals surface area contributed by atoms with Gasteiger partial charge < -0.3 is 10.1 Å². The third-order valence-electron chi connectivity index (χ3n) is 4.01. The van der Waals surface area contributed by atoms with Crippen LogP contribution in [-0.2, 0) is 14.8 Å². The van der Waals surface area contributed by atoms with Crippen molar-refractivity contribution < 1.29 is 13.2 Å². The van der Waals surface area contributed by atoms with Crippen molar-refractivity contribution in [3.05, 3.63) is 0 Å². The van der Waals surface area contributed by atoms with Gasteiger partial charge in [0.05, 0.1) is 12.4 Å². The molecule has 1 spiro atoms. The highest BCUT2D eigenvalue weighted by Gasteiger charge is 2.42. The van der Waals surface area contributed by atoms with Crippen LogP contribution in [-0.4, -0.2) is 58.4 Å². The van der Waals surface area contributed by atoms with Crippen LogP contribution < -0.4 is 5.32 Å². The quantitative estimate of drug-likeness (QED) is 0.819. The summed E-state index contributed by atoms with van der Waals surface area (Å²) < 4.78 is 30.6. The van der Waals surface area contributed by atoms with Crippen LogP contribution in [0.1, 0.15) is 19.3 Å². The van der Waals surface area contributed by atoms with Crippen molar-refractivity contribution in [2.75, 3.05) is 45.6 Å². The smallest absolute Gasteiger partial charge is 0.216 e. The molecule has 7 heteroatoms. The molecule has 2 rings (SSSR count). The Bertz CT molecular complexity index is 355. The minimum absolute atomic E-state index is 0. The van der Waals surface area contributed by atoms with Gasteiger partial charge in [-0.05, 0) is 37.8 Å². The Morgan fingerprint density at radius 2 is 1.94 bits per heavy atom. The molecule has 2 saturated heterocycles. The van der Waals surface area contributed by atoms with Gasteiger partial charge in [0.2, 0.25) is 10.0 Å². The molecular weight excluding hydrogens is 276 g/mol. The number of ether oxygens (including phenoxy) is 1. The Balaban J connectivity index is 0.00000162. The molecule has 0 bridgehead atoms. The molecular formula is C11H23ClN2O3S. The van der Waals surface area contributed by atoms with E-state index in [1.54, 1.807) is 4.31 Å². The van der Waals surface area contributed by atoms with Crippen LogP contribution in [0.25, 0.3) is 0 Å². The molecule has 0 aliphatic carbocycles. The molecule has 2 fully saturated rings. The SMILES string of the molecule is COCCS(=O)(=O)N1CCC2(CCNCC2)C1.Cl. The molecule has 0 atom stereocenters. The van der Waals surface area contributed by atoms with Crippen LogP contribution in [0.5, 0.6) is 0 Å². The largest absolute Gasteiger partial charge is 0.384 e. The van der Waals surface area contributed by atoms with E-state index in [2.05, 4.69) is 5.32 Å². The van der Waals surface area contributed by atoms with Crippen molar-refractivity contribution in [1.82, 2.24) is 9.62 Å². The summed E-state index contributed by atoms with van der Waals surface area (Å²) >= 11 is 0. The Labute approximate surface area is 116 Å². The summed E-state index contributed by atoms with van der Waals surface area (Å²) in [6, 6.07) is 0. The van der Waals surface area contributed by atoms with E-state index >= 15 is 0 Å². The Kier molecular flexibility index (Phi) is 5.86. The lowest BCUT2D eigenvalue weighted by Gasteiger charge is -2.33. The number of hydrogen-bond acceptors (Lipinski definition) is 4. The van der Waals surface area contributed by atoms with Gasteiger partial charge >= 0.3 is 0 Å². The summed E-state index contributed by atoms with van der Waals surface area (Å²) in [4.78, 5) is 0. The van der Waals surface area contributed by atoms with Crippen molar-refractivity contribution in [2.24, 2.45) is 5.41 Å². The second-order valence-corrected chi connectivity index (χ2v) is 7.23. The molecule has 0 unspecified atom stereocenters. The van der Waals surface area contributed by atoms with Gasteiger partial charge in [0.25, 0.3) is 0 Å². The van der Waals surface area contributed by atoms with E-state index in [0.29, 0.717) is 13.1 Å². The van der Waals surface area contributed by atoms with Crippen molar-refractivity contribution in [3.8, 4) is 0 Å². The number of piperidine rings is 1. The minimum Gasteiger partial charge on any atom is -0.384 e. The molecule has 0 aromatic rings. The summed E-state index contributed by atoms with van der Waals surface area (Å²) in [5, 5.41) is 3.34. The maximum Gasteiger partial charge on any atom is 0.216 e. The van der Waals surface area contributed by atoms with Crippen molar-refractivity contribution in [1.29, 1.82) is 0 Å². The molecule has 0 radical (unpaired) electrons. The summed E-state index contributed by atoms with van der Waals surface area (Å²) in [5.74, 6) is 0.109. The monoisotopic (exact) mass is 298 g/mol. The summed E-state index contributed by atoms with van der Waals surface area (Å²) in [5.41, 5.74) is 0.241. The Hall–Kier alpha value is 0.120. The maximum atomic E-state index is 12.0. The lowest BCUT2D eigenvalue weighted by molar-refractivity contribution is 0.211. The Morgan fingerprint density at radius 1 is 1.28 bits per heavy atom. The number of hydrogen-bond donors (Lipinski definition) is 1. The van der Waals surface area contributed by atoms with Gasteiger partial charge in [0.15, 0.2) is 0 Å². The zero-order chi connectivity index (χ0) is 12.4. The second-order valence-electron chi connectivity index (χ2n) is 5.14. The zero-order valence-electron chi connectivity index (χ0n) is 10.9. The Morgan fingerprint density at radius 3 is 2.56 bits per heavy atom. The van der Waals surface area contributed by atoms with Crippen LogP contribution in [0.2, 0.25) is 0 Å². The first-order valence-corrected chi connectivity index (χ1v) is 7.86. The van der Waals surface area contributed by atoms with Crippen LogP contribution >= 0.6 is 12.4 Å². The van der Waals surface area contributed by atoms with E-state index in [1.165, 1.54) is 7.11 Å². The normalized spacial score (nSPS) is 24.1. The lowest BCUT2D eigenvalue weighted by Crippen LogP contribution is -2.40. The first kappa shape index (κ1) is 16.2. The van der Waals surface area contributed by atoms with E-state index in [-0.39, 0.29) is 30.2 Å². The third-order valence-corrected chi connectivity index (χ3v) is 5.79. The van der Waals surface area contributed by atoms with E-state index in [0.717, 1.165) is 32.4 Å². The number of methoxy groups -OCH3 is 1. The highest BCUT2D eigenvalue weighted by molar-refractivity contribution is 7.89. The summed E-state index contributed by atoms with van der Waals surface area (Å²) in [6.45, 7) is 3.72. The third kappa shape index (κ3) is 3.57. The summed E-state index contributed by atoms with van der Waals surface area (Å²) in [7, 11) is -1.57. The van der Waals surface area contributed by atoms with Crippen molar-refractivity contribution >= 4 is 22.4 Å². The maximum absolute atomic E-state index is 12.0. The van der Waals surface area contributed by atoms with E-state index in [4.69, 9.17) is 4.74 Å². The average molecular weight is 299 g/mol. The number of nitrogens with one attached hydrogen (secondary N) is 1. The van der Waals surface area contributed by atoms with Crippen LogP contribution in [0, 0.1) is 5.41 Å². The van der Waals surface area contributed by atoms with Gasteiger partial charge in [0.1, 0.15) is 0 Å². The number of sulfonamides is 1. The van der Waals surface area contributed by atoms with E-state index in [1.807, 2.05) is 0 Å².